The van der Waals surface area contributed by atoms with Crippen LogP contribution >= 0.6 is 0 Å². The number of H-pyrrole nitrogens is 1. The molecule has 0 bridgehead atoms. The van der Waals surface area contributed by atoms with Crippen LogP contribution in [-0.2, 0) is 10.3 Å². The summed E-state index contributed by atoms with van der Waals surface area (Å²) in [4.78, 5) is 16.9. The van der Waals surface area contributed by atoms with E-state index in [1.165, 1.54) is 0 Å². The molecule has 1 atom stereocenters. The molecule has 0 radical (unpaired) electrons. The largest absolute Gasteiger partial charge is 0.444 e. The highest BCUT2D eigenvalue weighted by molar-refractivity contribution is 5.80. The molecule has 2 aromatic rings. The Morgan fingerprint density at radius 1 is 1.36 bits per heavy atom. The average Bonchev–Trinajstić information content (AvgIpc) is 3.02. The van der Waals surface area contributed by atoms with Gasteiger partial charge in [-0.3, -0.25) is 0 Å². The number of aromatic nitrogens is 1. The molecule has 1 unspecified atom stereocenters. The topological polar surface area (TPSA) is 65.6 Å². The van der Waals surface area contributed by atoms with Crippen molar-refractivity contribution in [2.45, 2.75) is 38.4 Å². The number of rotatable bonds is 1. The van der Waals surface area contributed by atoms with Gasteiger partial charge >= 0.3 is 6.09 Å². The molecule has 1 fully saturated rings. The first-order chi connectivity index (χ1) is 10.3. The summed E-state index contributed by atoms with van der Waals surface area (Å²) in [7, 11) is 0. The standard InChI is InChI=1S/C17H22N2O3/c1-16(2,3)22-15(20)19-9-7-17(21,11-19)13-4-5-14-12(10-13)6-8-18-14/h4-6,8,10,18,21H,7,9,11H2,1-3H3. The molecule has 1 aliphatic rings. The lowest BCUT2D eigenvalue weighted by molar-refractivity contribution is 0.0140. The van der Waals surface area contributed by atoms with Crippen molar-refractivity contribution < 1.29 is 14.6 Å². The minimum absolute atomic E-state index is 0.262. The Labute approximate surface area is 129 Å². The van der Waals surface area contributed by atoms with Gasteiger partial charge in [-0.1, -0.05) is 6.07 Å². The van der Waals surface area contributed by atoms with E-state index < -0.39 is 11.2 Å². The van der Waals surface area contributed by atoms with E-state index in [1.807, 2.05) is 51.2 Å². The lowest BCUT2D eigenvalue weighted by Crippen LogP contribution is -2.38. The van der Waals surface area contributed by atoms with Crippen molar-refractivity contribution in [1.82, 2.24) is 9.88 Å². The molecule has 2 heterocycles. The predicted octanol–water partition coefficient (Wildman–Crippen LogP) is 3.00. The first kappa shape index (κ1) is 14.9. The van der Waals surface area contributed by atoms with Gasteiger partial charge in [-0.15, -0.1) is 0 Å². The van der Waals surface area contributed by atoms with Crippen LogP contribution in [0.5, 0.6) is 0 Å². The van der Waals surface area contributed by atoms with Crippen LogP contribution in [0.3, 0.4) is 0 Å². The molecular weight excluding hydrogens is 280 g/mol. The number of amides is 1. The van der Waals surface area contributed by atoms with Crippen molar-refractivity contribution in [1.29, 1.82) is 0 Å². The van der Waals surface area contributed by atoms with Crippen LogP contribution in [0.1, 0.15) is 32.8 Å². The third kappa shape index (κ3) is 2.81. The first-order valence-corrected chi connectivity index (χ1v) is 7.55. The molecule has 1 aromatic heterocycles. The van der Waals surface area contributed by atoms with E-state index >= 15 is 0 Å². The highest BCUT2D eigenvalue weighted by atomic mass is 16.6. The van der Waals surface area contributed by atoms with Gasteiger partial charge in [0, 0.05) is 18.3 Å². The van der Waals surface area contributed by atoms with E-state index in [2.05, 4.69) is 4.98 Å². The maximum absolute atomic E-state index is 12.1. The van der Waals surface area contributed by atoms with Gasteiger partial charge in [0.05, 0.1) is 6.54 Å². The first-order valence-electron chi connectivity index (χ1n) is 7.55. The number of hydrogen-bond donors (Lipinski definition) is 2. The van der Waals surface area contributed by atoms with Crippen molar-refractivity contribution in [2.24, 2.45) is 0 Å². The smallest absolute Gasteiger partial charge is 0.410 e. The molecule has 0 saturated carbocycles. The number of nitrogens with one attached hydrogen (secondary N) is 1. The number of ether oxygens (including phenoxy) is 1. The molecule has 118 valence electrons. The Bertz CT molecular complexity index is 701. The lowest BCUT2D eigenvalue weighted by atomic mass is 9.92. The molecule has 3 rings (SSSR count). The van der Waals surface area contributed by atoms with Gasteiger partial charge in [0.1, 0.15) is 11.2 Å². The number of likely N-dealkylation sites (tertiary alicyclic amines) is 1. The number of β-amino-alcohol motifs (C(OH)–C–C–N with tert-alkyl or cyclic N) is 1. The van der Waals surface area contributed by atoms with Gasteiger partial charge in [-0.2, -0.15) is 0 Å². The van der Waals surface area contributed by atoms with Gasteiger partial charge in [0.2, 0.25) is 0 Å². The predicted molar refractivity (Wildman–Crippen MR) is 84.6 cm³/mol. The Morgan fingerprint density at radius 2 is 2.14 bits per heavy atom. The van der Waals surface area contributed by atoms with Crippen LogP contribution in [0.25, 0.3) is 10.9 Å². The van der Waals surface area contributed by atoms with Crippen LogP contribution in [0.15, 0.2) is 30.5 Å². The molecule has 0 spiro atoms. The normalized spacial score (nSPS) is 22.3. The molecule has 1 aliphatic heterocycles. The maximum atomic E-state index is 12.1. The highest BCUT2D eigenvalue weighted by Crippen LogP contribution is 2.34. The summed E-state index contributed by atoms with van der Waals surface area (Å²) in [5, 5.41) is 12.0. The molecule has 5 nitrogen and oxygen atoms in total. The zero-order valence-electron chi connectivity index (χ0n) is 13.2. The number of aliphatic hydroxyl groups is 1. The third-order valence-electron chi connectivity index (χ3n) is 3.99. The number of aromatic amines is 1. The molecule has 0 aliphatic carbocycles. The van der Waals surface area contributed by atoms with Crippen molar-refractivity contribution in [3.05, 3.63) is 36.0 Å². The van der Waals surface area contributed by atoms with Crippen molar-refractivity contribution >= 4 is 17.0 Å². The Balaban J connectivity index is 1.78. The number of nitrogens with zero attached hydrogens (tertiary/aromatic N) is 1. The van der Waals surface area contributed by atoms with Crippen molar-refractivity contribution in [3.63, 3.8) is 0 Å². The van der Waals surface area contributed by atoms with Crippen LogP contribution in [-0.4, -0.2) is 39.8 Å². The minimum Gasteiger partial charge on any atom is -0.444 e. The minimum atomic E-state index is -1.01. The summed E-state index contributed by atoms with van der Waals surface area (Å²) >= 11 is 0. The summed E-state index contributed by atoms with van der Waals surface area (Å²) in [5.74, 6) is 0. The van der Waals surface area contributed by atoms with E-state index in [-0.39, 0.29) is 12.6 Å². The molecular formula is C17H22N2O3. The fourth-order valence-corrected chi connectivity index (χ4v) is 2.85. The van der Waals surface area contributed by atoms with E-state index in [9.17, 15) is 9.90 Å². The molecule has 2 N–H and O–H groups in total. The van der Waals surface area contributed by atoms with Gasteiger partial charge in [-0.25, -0.2) is 4.79 Å². The van der Waals surface area contributed by atoms with Crippen LogP contribution in [0, 0.1) is 0 Å². The van der Waals surface area contributed by atoms with E-state index in [0.717, 1.165) is 16.5 Å². The number of carbonyl (C=O) groups is 1. The second-order valence-electron chi connectivity index (χ2n) is 6.96. The highest BCUT2D eigenvalue weighted by Gasteiger charge is 2.41. The molecule has 1 aromatic carbocycles. The SMILES string of the molecule is CC(C)(C)OC(=O)N1CCC(O)(c2ccc3[nH]ccc3c2)C1. The number of carbonyl (C=O) groups excluding carboxylic acids is 1. The van der Waals surface area contributed by atoms with Gasteiger partial charge in [0.25, 0.3) is 0 Å². The summed E-state index contributed by atoms with van der Waals surface area (Å²) in [6, 6.07) is 7.82. The third-order valence-corrected chi connectivity index (χ3v) is 3.99. The van der Waals surface area contributed by atoms with Crippen LogP contribution < -0.4 is 0 Å². The zero-order valence-corrected chi connectivity index (χ0v) is 13.2. The molecule has 1 amide bonds. The molecule has 1 saturated heterocycles. The average molecular weight is 302 g/mol. The molecule has 5 heteroatoms. The summed E-state index contributed by atoms with van der Waals surface area (Å²) in [6.45, 7) is 6.28. The second-order valence-corrected chi connectivity index (χ2v) is 6.96. The lowest BCUT2D eigenvalue weighted by Gasteiger charge is -2.26. The van der Waals surface area contributed by atoms with E-state index in [0.29, 0.717) is 13.0 Å². The molecule has 22 heavy (non-hydrogen) atoms. The van der Waals surface area contributed by atoms with Crippen molar-refractivity contribution in [2.75, 3.05) is 13.1 Å². The summed E-state index contributed by atoms with van der Waals surface area (Å²) in [6.07, 6.45) is 2.02. The number of fused-ring (bicyclic) bond motifs is 1. The number of hydrogen-bond acceptors (Lipinski definition) is 3. The van der Waals surface area contributed by atoms with Crippen LogP contribution in [0.2, 0.25) is 0 Å². The zero-order chi connectivity index (χ0) is 16.0. The maximum Gasteiger partial charge on any atom is 0.410 e. The Kier molecular flexibility index (Phi) is 3.40. The number of benzene rings is 1. The fraction of sp³-hybridized carbons (Fsp3) is 0.471. The fourth-order valence-electron chi connectivity index (χ4n) is 2.85. The quantitative estimate of drug-likeness (QED) is 0.851. The monoisotopic (exact) mass is 302 g/mol. The van der Waals surface area contributed by atoms with E-state index in [1.54, 1.807) is 4.90 Å². The van der Waals surface area contributed by atoms with Crippen LogP contribution in [0.4, 0.5) is 4.79 Å². The van der Waals surface area contributed by atoms with Gasteiger partial charge in [0.15, 0.2) is 0 Å². The second kappa shape index (κ2) is 5.02. The van der Waals surface area contributed by atoms with Gasteiger partial charge in [-0.05, 0) is 56.3 Å². The Hall–Kier alpha value is -2.01. The van der Waals surface area contributed by atoms with E-state index in [4.69, 9.17) is 4.74 Å². The Morgan fingerprint density at radius 3 is 2.86 bits per heavy atom. The van der Waals surface area contributed by atoms with Crippen molar-refractivity contribution in [3.8, 4) is 0 Å². The summed E-state index contributed by atoms with van der Waals surface area (Å²) in [5.41, 5.74) is 0.337. The summed E-state index contributed by atoms with van der Waals surface area (Å²) < 4.78 is 5.38. The van der Waals surface area contributed by atoms with Gasteiger partial charge < -0.3 is 19.7 Å².